The molecule has 0 aliphatic carbocycles. The Morgan fingerprint density at radius 3 is 2.40 bits per heavy atom. The predicted molar refractivity (Wildman–Crippen MR) is 74.4 cm³/mol. The maximum Gasteiger partial charge on any atom is 0.194 e. The van der Waals surface area contributed by atoms with Gasteiger partial charge in [0.05, 0.1) is 6.04 Å². The number of hydrogen-bond donors (Lipinski definition) is 2. The van der Waals surface area contributed by atoms with Crippen LogP contribution in [0.4, 0.5) is 13.2 Å². The molecule has 0 saturated carbocycles. The van der Waals surface area contributed by atoms with Crippen molar-refractivity contribution in [2.45, 2.75) is 13.0 Å². The van der Waals surface area contributed by atoms with Gasteiger partial charge in [-0.1, -0.05) is 34.1 Å². The average molecular weight is 345 g/mol. The standard InChI is InChI=1S/C14H12BrF3N2/c1-7-2-3-8(6-10(7)15)14(20-19)9-4-5-11(16)13(18)12(9)17/h2-6,14,20H,19H2,1H3. The summed E-state index contributed by atoms with van der Waals surface area (Å²) in [5, 5.41) is 0. The Kier molecular flexibility index (Phi) is 4.47. The van der Waals surface area contributed by atoms with Crippen molar-refractivity contribution in [3.05, 3.63) is 68.9 Å². The van der Waals surface area contributed by atoms with Crippen LogP contribution in [0.3, 0.4) is 0 Å². The summed E-state index contributed by atoms with van der Waals surface area (Å²) in [6, 6.07) is 6.59. The predicted octanol–water partition coefficient (Wildman–Crippen LogP) is 3.73. The van der Waals surface area contributed by atoms with E-state index in [1.165, 1.54) is 6.07 Å². The van der Waals surface area contributed by atoms with Gasteiger partial charge in [0.1, 0.15) is 0 Å². The summed E-state index contributed by atoms with van der Waals surface area (Å²) in [5.74, 6) is 1.45. The molecule has 0 amide bonds. The van der Waals surface area contributed by atoms with Crippen molar-refractivity contribution < 1.29 is 13.2 Å². The van der Waals surface area contributed by atoms with E-state index in [0.717, 1.165) is 16.1 Å². The molecule has 2 aromatic rings. The lowest BCUT2D eigenvalue weighted by Gasteiger charge is -2.18. The van der Waals surface area contributed by atoms with E-state index >= 15 is 0 Å². The minimum absolute atomic E-state index is 0.0536. The van der Waals surface area contributed by atoms with Crippen molar-refractivity contribution in [3.8, 4) is 0 Å². The van der Waals surface area contributed by atoms with Crippen LogP contribution < -0.4 is 11.3 Å². The second-order valence-electron chi connectivity index (χ2n) is 4.37. The van der Waals surface area contributed by atoms with E-state index in [2.05, 4.69) is 21.4 Å². The third-order valence-electron chi connectivity index (χ3n) is 3.07. The van der Waals surface area contributed by atoms with Gasteiger partial charge < -0.3 is 0 Å². The van der Waals surface area contributed by atoms with Gasteiger partial charge in [-0.05, 0) is 30.2 Å². The van der Waals surface area contributed by atoms with Crippen molar-refractivity contribution in [1.82, 2.24) is 5.43 Å². The second-order valence-corrected chi connectivity index (χ2v) is 5.23. The summed E-state index contributed by atoms with van der Waals surface area (Å²) in [6.45, 7) is 1.90. The van der Waals surface area contributed by atoms with Crippen molar-refractivity contribution in [2.75, 3.05) is 0 Å². The van der Waals surface area contributed by atoms with Crippen LogP contribution >= 0.6 is 15.9 Å². The number of hydrazine groups is 1. The summed E-state index contributed by atoms with van der Waals surface area (Å²) in [5.41, 5.74) is 4.00. The topological polar surface area (TPSA) is 38.0 Å². The normalized spacial score (nSPS) is 12.5. The van der Waals surface area contributed by atoms with Gasteiger partial charge in [0.2, 0.25) is 0 Å². The molecule has 6 heteroatoms. The molecule has 0 radical (unpaired) electrons. The van der Waals surface area contributed by atoms with Crippen molar-refractivity contribution in [2.24, 2.45) is 5.84 Å². The van der Waals surface area contributed by atoms with Gasteiger partial charge in [0, 0.05) is 10.0 Å². The zero-order valence-corrected chi connectivity index (χ0v) is 12.1. The van der Waals surface area contributed by atoms with Crippen LogP contribution in [0.5, 0.6) is 0 Å². The number of nitrogens with two attached hydrogens (primary N) is 1. The first-order valence-corrected chi connectivity index (χ1v) is 6.60. The number of rotatable bonds is 3. The second kappa shape index (κ2) is 5.95. The van der Waals surface area contributed by atoms with E-state index in [9.17, 15) is 13.2 Å². The molecule has 20 heavy (non-hydrogen) atoms. The van der Waals surface area contributed by atoms with E-state index in [1.54, 1.807) is 12.1 Å². The number of hydrogen-bond acceptors (Lipinski definition) is 2. The third-order valence-corrected chi connectivity index (χ3v) is 3.93. The van der Waals surface area contributed by atoms with Gasteiger partial charge >= 0.3 is 0 Å². The molecule has 0 saturated heterocycles. The molecule has 0 aromatic heterocycles. The maximum absolute atomic E-state index is 13.8. The average Bonchev–Trinajstić information content (AvgIpc) is 2.43. The summed E-state index contributed by atoms with van der Waals surface area (Å²) in [6.07, 6.45) is 0. The van der Waals surface area contributed by atoms with Crippen LogP contribution in [-0.2, 0) is 0 Å². The Morgan fingerprint density at radius 2 is 1.80 bits per heavy atom. The fraction of sp³-hybridized carbons (Fsp3) is 0.143. The van der Waals surface area contributed by atoms with Crippen LogP contribution in [0, 0.1) is 24.4 Å². The zero-order valence-electron chi connectivity index (χ0n) is 10.6. The molecular weight excluding hydrogens is 333 g/mol. The Bertz CT molecular complexity index is 647. The lowest BCUT2D eigenvalue weighted by atomic mass is 9.97. The highest BCUT2D eigenvalue weighted by Crippen LogP contribution is 2.29. The van der Waals surface area contributed by atoms with E-state index in [0.29, 0.717) is 5.56 Å². The quantitative estimate of drug-likeness (QED) is 0.505. The van der Waals surface area contributed by atoms with Crippen LogP contribution in [0.15, 0.2) is 34.8 Å². The molecule has 0 aliphatic rings. The molecule has 0 fully saturated rings. The summed E-state index contributed by atoms with van der Waals surface area (Å²) >= 11 is 3.36. The Morgan fingerprint density at radius 1 is 1.10 bits per heavy atom. The highest BCUT2D eigenvalue weighted by atomic mass is 79.9. The fourth-order valence-electron chi connectivity index (χ4n) is 1.92. The first-order chi connectivity index (χ1) is 9.45. The molecule has 1 unspecified atom stereocenters. The largest absolute Gasteiger partial charge is 0.271 e. The lowest BCUT2D eigenvalue weighted by Crippen LogP contribution is -2.30. The maximum atomic E-state index is 13.8. The Balaban J connectivity index is 2.52. The summed E-state index contributed by atoms with van der Waals surface area (Å²) < 4.78 is 41.0. The molecule has 2 aromatic carbocycles. The number of nitrogens with one attached hydrogen (secondary N) is 1. The molecule has 0 bridgehead atoms. The lowest BCUT2D eigenvalue weighted by molar-refractivity contribution is 0.433. The smallest absolute Gasteiger partial charge is 0.194 e. The first-order valence-electron chi connectivity index (χ1n) is 5.81. The molecule has 2 rings (SSSR count). The Hall–Kier alpha value is -1.37. The number of benzene rings is 2. The molecule has 0 spiro atoms. The molecule has 2 nitrogen and oxygen atoms in total. The molecule has 3 N–H and O–H groups in total. The highest BCUT2D eigenvalue weighted by Gasteiger charge is 2.21. The number of halogens is 4. The third kappa shape index (κ3) is 2.72. The van der Waals surface area contributed by atoms with Gasteiger partial charge in [-0.25, -0.2) is 18.6 Å². The van der Waals surface area contributed by atoms with Gasteiger partial charge in [-0.3, -0.25) is 5.84 Å². The molecule has 0 heterocycles. The van der Waals surface area contributed by atoms with E-state index in [4.69, 9.17) is 5.84 Å². The summed E-state index contributed by atoms with van der Waals surface area (Å²) in [4.78, 5) is 0. The van der Waals surface area contributed by atoms with Gasteiger partial charge in [0.15, 0.2) is 17.5 Å². The van der Waals surface area contributed by atoms with Crippen LogP contribution in [-0.4, -0.2) is 0 Å². The van der Waals surface area contributed by atoms with Crippen molar-refractivity contribution in [1.29, 1.82) is 0 Å². The molecule has 106 valence electrons. The van der Waals surface area contributed by atoms with E-state index in [1.807, 2.05) is 13.0 Å². The SMILES string of the molecule is Cc1ccc(C(NN)c2ccc(F)c(F)c2F)cc1Br. The fourth-order valence-corrected chi connectivity index (χ4v) is 2.31. The molecular formula is C14H12BrF3N2. The zero-order chi connectivity index (χ0) is 14.9. The number of aryl methyl sites for hydroxylation is 1. The summed E-state index contributed by atoms with van der Waals surface area (Å²) in [7, 11) is 0. The van der Waals surface area contributed by atoms with E-state index < -0.39 is 23.5 Å². The minimum Gasteiger partial charge on any atom is -0.271 e. The van der Waals surface area contributed by atoms with Gasteiger partial charge in [-0.15, -0.1) is 0 Å². The van der Waals surface area contributed by atoms with Crippen molar-refractivity contribution in [3.63, 3.8) is 0 Å². The monoisotopic (exact) mass is 344 g/mol. The van der Waals surface area contributed by atoms with E-state index in [-0.39, 0.29) is 5.56 Å². The molecule has 1 atom stereocenters. The van der Waals surface area contributed by atoms with Gasteiger partial charge in [0.25, 0.3) is 0 Å². The van der Waals surface area contributed by atoms with Crippen molar-refractivity contribution >= 4 is 15.9 Å². The first kappa shape index (κ1) is 15.0. The van der Waals surface area contributed by atoms with Crippen LogP contribution in [0.25, 0.3) is 0 Å². The molecule has 0 aliphatic heterocycles. The Labute approximate surface area is 122 Å². The van der Waals surface area contributed by atoms with Crippen LogP contribution in [0.2, 0.25) is 0 Å². The van der Waals surface area contributed by atoms with Crippen LogP contribution in [0.1, 0.15) is 22.7 Å². The minimum atomic E-state index is -1.51. The highest BCUT2D eigenvalue weighted by molar-refractivity contribution is 9.10. The van der Waals surface area contributed by atoms with Gasteiger partial charge in [-0.2, -0.15) is 0 Å².